The van der Waals surface area contributed by atoms with E-state index in [0.29, 0.717) is 23.9 Å². The van der Waals surface area contributed by atoms with Crippen LogP contribution >= 0.6 is 0 Å². The molecular formula is C29H42N4O7S. The Balaban J connectivity index is 0.000000850. The molecule has 0 unspecified atom stereocenters. The molecule has 12 heteroatoms. The standard InChI is InChI=1S/C28H38N4O4.CH4O3S/c1-17-15-32(23-13-28(2,3)14-24(33)26(17)23)19-8-11-21(27(29)35)22(12-19)30-18-6-9-20(10-7-18)36-25(34)16-31(4)5;1-5(2,3)4/h8,11-12,15,18,20,30H,6-7,9-10,13-14,16H2,1-5H3,(H2,29,35);1H3,(H,2,3,4). The molecule has 226 valence electrons. The van der Waals surface area contributed by atoms with Crippen LogP contribution in [0.4, 0.5) is 5.69 Å². The summed E-state index contributed by atoms with van der Waals surface area (Å²) >= 11 is 0. The summed E-state index contributed by atoms with van der Waals surface area (Å²) in [4.78, 5) is 38.9. The first kappa shape index (κ1) is 32.3. The molecule has 4 rings (SSSR count). The SMILES string of the molecule is CS(=O)(=O)O.Cc1cn(-c2ccc(C(N)=O)c(NC3CCC(OC(=O)CN(C)C)CC3)c2)c2c1C(=O)CC(C)(C)C2. The number of fused-ring (bicyclic) bond motifs is 1. The largest absolute Gasteiger partial charge is 0.461 e. The van der Waals surface area contributed by atoms with Crippen LogP contribution in [-0.4, -0.2) is 79.1 Å². The van der Waals surface area contributed by atoms with Gasteiger partial charge in [-0.2, -0.15) is 8.42 Å². The quantitative estimate of drug-likeness (QED) is 0.324. The number of ketones is 1. The van der Waals surface area contributed by atoms with E-state index in [9.17, 15) is 22.8 Å². The Morgan fingerprint density at radius 1 is 1.17 bits per heavy atom. The molecule has 1 heterocycles. The number of aromatic nitrogens is 1. The Hall–Kier alpha value is -3.22. The van der Waals surface area contributed by atoms with Crippen molar-refractivity contribution in [3.05, 3.63) is 46.8 Å². The number of carbonyl (C=O) groups excluding carboxylic acids is 3. The number of Topliss-reactive ketones (excluding diaryl/α,β-unsaturated/α-hetero) is 1. The van der Waals surface area contributed by atoms with Crippen molar-refractivity contribution in [3.63, 3.8) is 0 Å². The predicted molar refractivity (Wildman–Crippen MR) is 157 cm³/mol. The number of anilines is 1. The molecule has 2 aromatic rings. The number of primary amides is 1. The van der Waals surface area contributed by atoms with E-state index in [-0.39, 0.29) is 35.9 Å². The number of nitrogens with one attached hydrogen (secondary N) is 1. The number of carbonyl (C=O) groups is 3. The fourth-order valence-electron chi connectivity index (χ4n) is 5.55. The van der Waals surface area contributed by atoms with Gasteiger partial charge in [0, 0.05) is 41.3 Å². The molecule has 4 N–H and O–H groups in total. The minimum Gasteiger partial charge on any atom is -0.461 e. The molecule has 0 bridgehead atoms. The molecular weight excluding hydrogens is 548 g/mol. The summed E-state index contributed by atoms with van der Waals surface area (Å²) < 4.78 is 33.6. The minimum absolute atomic E-state index is 0.0762. The summed E-state index contributed by atoms with van der Waals surface area (Å²) in [6.45, 7) is 6.50. The van der Waals surface area contributed by atoms with Crippen LogP contribution in [-0.2, 0) is 26.1 Å². The van der Waals surface area contributed by atoms with Crippen molar-refractivity contribution in [1.29, 1.82) is 0 Å². The third-order valence-corrected chi connectivity index (χ3v) is 7.18. The third kappa shape index (κ3) is 9.14. The van der Waals surface area contributed by atoms with Gasteiger partial charge >= 0.3 is 5.97 Å². The zero-order chi connectivity index (χ0) is 30.7. The second kappa shape index (κ2) is 12.7. The van der Waals surface area contributed by atoms with E-state index < -0.39 is 16.0 Å². The van der Waals surface area contributed by atoms with Crippen LogP contribution in [0.25, 0.3) is 5.69 Å². The number of esters is 1. The van der Waals surface area contributed by atoms with E-state index in [2.05, 4.69) is 23.7 Å². The highest BCUT2D eigenvalue weighted by Crippen LogP contribution is 2.38. The van der Waals surface area contributed by atoms with Crippen molar-refractivity contribution in [3.8, 4) is 5.69 Å². The molecule has 1 aromatic carbocycles. The monoisotopic (exact) mass is 590 g/mol. The van der Waals surface area contributed by atoms with Crippen molar-refractivity contribution in [2.75, 3.05) is 32.2 Å². The van der Waals surface area contributed by atoms with Crippen molar-refractivity contribution in [2.24, 2.45) is 11.1 Å². The van der Waals surface area contributed by atoms with Gasteiger partial charge in [-0.1, -0.05) is 13.8 Å². The topological polar surface area (TPSA) is 161 Å². The molecule has 0 aliphatic heterocycles. The van der Waals surface area contributed by atoms with E-state index in [1.165, 1.54) is 0 Å². The lowest BCUT2D eigenvalue weighted by Gasteiger charge is -2.31. The van der Waals surface area contributed by atoms with E-state index in [4.69, 9.17) is 15.0 Å². The highest BCUT2D eigenvalue weighted by Gasteiger charge is 2.35. The van der Waals surface area contributed by atoms with Crippen LogP contribution in [0.3, 0.4) is 0 Å². The Morgan fingerprint density at radius 2 is 1.78 bits per heavy atom. The molecule has 0 radical (unpaired) electrons. The minimum atomic E-state index is -3.67. The summed E-state index contributed by atoms with van der Waals surface area (Å²) in [7, 11) is 0.0201. The maximum Gasteiger partial charge on any atom is 0.320 e. The van der Waals surface area contributed by atoms with Crippen LogP contribution in [0.1, 0.15) is 77.9 Å². The number of hydrogen-bond donors (Lipinski definition) is 3. The first-order valence-electron chi connectivity index (χ1n) is 13.6. The maximum atomic E-state index is 12.9. The fraction of sp³-hybridized carbons (Fsp3) is 0.552. The number of benzene rings is 1. The number of nitrogens with zero attached hydrogens (tertiary/aromatic N) is 2. The van der Waals surface area contributed by atoms with Crippen molar-refractivity contribution < 1.29 is 32.1 Å². The normalized spacial score (nSPS) is 20.0. The smallest absolute Gasteiger partial charge is 0.320 e. The van der Waals surface area contributed by atoms with Gasteiger partial charge in [-0.3, -0.25) is 23.8 Å². The highest BCUT2D eigenvalue weighted by atomic mass is 32.2. The lowest BCUT2D eigenvalue weighted by molar-refractivity contribution is -0.151. The first-order valence-corrected chi connectivity index (χ1v) is 15.5. The van der Waals surface area contributed by atoms with E-state index in [1.54, 1.807) is 11.0 Å². The third-order valence-electron chi connectivity index (χ3n) is 7.18. The van der Waals surface area contributed by atoms with Gasteiger partial charge in [-0.05, 0) is 82.3 Å². The van der Waals surface area contributed by atoms with Crippen molar-refractivity contribution in [2.45, 2.75) is 71.4 Å². The van der Waals surface area contributed by atoms with Crippen LogP contribution in [0.2, 0.25) is 0 Å². The highest BCUT2D eigenvalue weighted by molar-refractivity contribution is 7.85. The first-order chi connectivity index (χ1) is 18.9. The summed E-state index contributed by atoms with van der Waals surface area (Å²) in [6, 6.07) is 5.74. The van der Waals surface area contributed by atoms with Crippen LogP contribution < -0.4 is 11.1 Å². The molecule has 11 nitrogen and oxygen atoms in total. The fourth-order valence-corrected chi connectivity index (χ4v) is 5.55. The molecule has 1 saturated carbocycles. The van der Waals surface area contributed by atoms with Crippen LogP contribution in [0.15, 0.2) is 24.4 Å². The molecule has 0 spiro atoms. The van der Waals surface area contributed by atoms with Gasteiger partial charge in [-0.25, -0.2) is 0 Å². The van der Waals surface area contributed by atoms with Crippen molar-refractivity contribution in [1.82, 2.24) is 9.47 Å². The Kier molecular flexibility index (Phi) is 10.0. The maximum absolute atomic E-state index is 12.9. The lowest BCUT2D eigenvalue weighted by Crippen LogP contribution is -2.34. The molecule has 0 atom stereocenters. The predicted octanol–water partition coefficient (Wildman–Crippen LogP) is 3.37. The Morgan fingerprint density at radius 3 is 2.34 bits per heavy atom. The number of nitrogens with two attached hydrogens (primary N) is 1. The molecule has 1 amide bonds. The Bertz CT molecular complexity index is 1400. The molecule has 41 heavy (non-hydrogen) atoms. The van der Waals surface area contributed by atoms with Gasteiger partial charge in [0.05, 0.1) is 18.4 Å². The number of ether oxygens (including phenoxy) is 1. The average Bonchev–Trinajstić information content (AvgIpc) is 3.13. The van der Waals surface area contributed by atoms with Crippen LogP contribution in [0.5, 0.6) is 0 Å². The average molecular weight is 591 g/mol. The zero-order valence-corrected chi connectivity index (χ0v) is 25.5. The summed E-state index contributed by atoms with van der Waals surface area (Å²) in [5.41, 5.74) is 10.4. The van der Waals surface area contributed by atoms with E-state index in [0.717, 1.165) is 54.6 Å². The molecule has 0 saturated heterocycles. The van der Waals surface area contributed by atoms with Gasteiger partial charge in [0.15, 0.2) is 5.78 Å². The van der Waals surface area contributed by atoms with E-state index in [1.807, 2.05) is 39.3 Å². The summed E-state index contributed by atoms with van der Waals surface area (Å²) in [5, 5.41) is 3.53. The number of amides is 1. The van der Waals surface area contributed by atoms with Gasteiger partial charge < -0.3 is 20.4 Å². The molecule has 2 aliphatic carbocycles. The number of rotatable bonds is 7. The van der Waals surface area contributed by atoms with Crippen LogP contribution in [0, 0.1) is 12.3 Å². The zero-order valence-electron chi connectivity index (χ0n) is 24.7. The number of aryl methyl sites for hydroxylation is 1. The van der Waals surface area contributed by atoms with Gasteiger partial charge in [0.2, 0.25) is 0 Å². The number of hydrogen-bond acceptors (Lipinski definition) is 8. The molecule has 1 fully saturated rings. The van der Waals surface area contributed by atoms with Gasteiger partial charge in [0.25, 0.3) is 16.0 Å². The number of likely N-dealkylation sites (N-methyl/N-ethyl adjacent to an activating group) is 1. The van der Waals surface area contributed by atoms with Crippen molar-refractivity contribution >= 4 is 33.5 Å². The molecule has 2 aliphatic rings. The van der Waals surface area contributed by atoms with E-state index >= 15 is 0 Å². The second-order valence-corrected chi connectivity index (χ2v) is 13.6. The molecule has 1 aromatic heterocycles. The Labute approximate surface area is 242 Å². The second-order valence-electron chi connectivity index (χ2n) is 12.1. The lowest BCUT2D eigenvalue weighted by atomic mass is 9.75. The summed E-state index contributed by atoms with van der Waals surface area (Å²) in [5.74, 6) is -0.503. The summed E-state index contributed by atoms with van der Waals surface area (Å²) in [6.07, 6.45) is 7.19. The van der Waals surface area contributed by atoms with Gasteiger partial charge in [0.1, 0.15) is 6.10 Å². The van der Waals surface area contributed by atoms with Gasteiger partial charge in [-0.15, -0.1) is 0 Å².